The Morgan fingerprint density at radius 1 is 1.23 bits per heavy atom. The van der Waals surface area contributed by atoms with Gasteiger partial charge in [0.25, 0.3) is 0 Å². The lowest BCUT2D eigenvalue weighted by molar-refractivity contribution is 0.0893. The number of fused-ring (bicyclic) bond motifs is 2. The molecule has 2 aliphatic heterocycles. The van der Waals surface area contributed by atoms with Crippen molar-refractivity contribution >= 4 is 15.6 Å². The second-order valence-corrected chi connectivity index (χ2v) is 8.90. The second kappa shape index (κ2) is 5.51. The monoisotopic (exact) mass is 317 g/mol. The van der Waals surface area contributed by atoms with Crippen molar-refractivity contribution in [2.24, 2.45) is 5.92 Å². The van der Waals surface area contributed by atoms with Gasteiger partial charge in [-0.15, -0.1) is 0 Å². The summed E-state index contributed by atoms with van der Waals surface area (Å²) in [5.41, 5.74) is 1.78. The lowest BCUT2D eigenvalue weighted by Gasteiger charge is -2.38. The molecule has 4 nitrogen and oxygen atoms in total. The molecule has 2 aliphatic rings. The van der Waals surface area contributed by atoms with Crippen LogP contribution in [0.4, 0.5) is 0 Å². The minimum atomic E-state index is -3.04. The van der Waals surface area contributed by atoms with Crippen LogP contribution in [0, 0.1) is 24.2 Å². The van der Waals surface area contributed by atoms with Crippen LogP contribution in [0.1, 0.15) is 53.6 Å². The van der Waals surface area contributed by atoms with E-state index in [4.69, 9.17) is 5.26 Å². The molecule has 0 radical (unpaired) electrons. The highest BCUT2D eigenvalue weighted by Crippen LogP contribution is 2.40. The molecule has 0 N–H and O–H groups in total. The number of hydrogen-bond acceptors (Lipinski definition) is 4. The van der Waals surface area contributed by atoms with Gasteiger partial charge < -0.3 is 0 Å². The van der Waals surface area contributed by atoms with Gasteiger partial charge in [0.1, 0.15) is 0 Å². The average Bonchev–Trinajstić information content (AvgIpc) is 2.45. The topological polar surface area (TPSA) is 75.0 Å². The molecule has 1 aromatic carbocycles. The fourth-order valence-corrected chi connectivity index (χ4v) is 6.40. The largest absolute Gasteiger partial charge is 0.294 e. The highest BCUT2D eigenvalue weighted by atomic mass is 32.2. The number of ketones is 1. The fourth-order valence-electron chi connectivity index (χ4n) is 3.87. The van der Waals surface area contributed by atoms with Crippen LogP contribution in [-0.4, -0.2) is 24.7 Å². The quantitative estimate of drug-likeness (QED) is 0.786. The lowest BCUT2D eigenvalue weighted by Crippen LogP contribution is -2.45. The third-order valence-electron chi connectivity index (χ3n) is 5.17. The number of nitrogens with zero attached hydrogens (tertiary/aromatic N) is 1. The van der Waals surface area contributed by atoms with Crippen molar-refractivity contribution < 1.29 is 13.2 Å². The molecule has 0 aromatic heterocycles. The van der Waals surface area contributed by atoms with Crippen LogP contribution in [-0.2, 0) is 9.84 Å². The lowest BCUT2D eigenvalue weighted by atomic mass is 9.83. The van der Waals surface area contributed by atoms with Gasteiger partial charge in [-0.3, -0.25) is 4.79 Å². The van der Waals surface area contributed by atoms with E-state index in [1.807, 2.05) is 0 Å². The molecule has 22 heavy (non-hydrogen) atoms. The number of sulfone groups is 1. The van der Waals surface area contributed by atoms with Gasteiger partial charge >= 0.3 is 0 Å². The summed E-state index contributed by atoms with van der Waals surface area (Å²) in [5, 5.41) is 8.39. The molecule has 2 saturated heterocycles. The zero-order chi connectivity index (χ0) is 15.9. The Bertz CT molecular complexity index is 741. The maximum Gasteiger partial charge on any atom is 0.166 e. The number of carbonyl (C=O) groups is 1. The Morgan fingerprint density at radius 2 is 1.86 bits per heavy atom. The number of benzene rings is 1. The minimum absolute atomic E-state index is 0.00130. The van der Waals surface area contributed by atoms with Gasteiger partial charge in [-0.2, -0.15) is 5.26 Å². The van der Waals surface area contributed by atoms with E-state index in [0.29, 0.717) is 42.4 Å². The zero-order valence-electron chi connectivity index (χ0n) is 12.6. The first kappa shape index (κ1) is 15.2. The summed E-state index contributed by atoms with van der Waals surface area (Å²) in [6.07, 6.45) is 3.18. The van der Waals surface area contributed by atoms with Crippen LogP contribution in [0.3, 0.4) is 0 Å². The highest BCUT2D eigenvalue weighted by molar-refractivity contribution is 7.92. The maximum absolute atomic E-state index is 12.8. The highest BCUT2D eigenvalue weighted by Gasteiger charge is 2.46. The van der Waals surface area contributed by atoms with Crippen molar-refractivity contribution in [3.05, 3.63) is 34.9 Å². The molecule has 3 rings (SSSR count). The van der Waals surface area contributed by atoms with E-state index >= 15 is 0 Å². The van der Waals surface area contributed by atoms with Crippen molar-refractivity contribution in [3.8, 4) is 6.07 Å². The Hall–Kier alpha value is -1.67. The first-order valence-corrected chi connectivity index (χ1v) is 9.32. The predicted molar refractivity (Wildman–Crippen MR) is 83.3 cm³/mol. The van der Waals surface area contributed by atoms with E-state index in [0.717, 1.165) is 6.42 Å². The van der Waals surface area contributed by atoms with Gasteiger partial charge in [0.2, 0.25) is 0 Å². The van der Waals surface area contributed by atoms with E-state index in [1.54, 1.807) is 25.1 Å². The summed E-state index contributed by atoms with van der Waals surface area (Å²) >= 11 is 0. The van der Waals surface area contributed by atoms with Crippen molar-refractivity contribution in [3.63, 3.8) is 0 Å². The Balaban J connectivity index is 1.90. The molecule has 116 valence electrons. The van der Waals surface area contributed by atoms with E-state index in [1.165, 1.54) is 0 Å². The molecule has 0 spiro atoms. The molecule has 2 bridgehead atoms. The molecule has 0 amide bonds. The zero-order valence-corrected chi connectivity index (χ0v) is 13.4. The van der Waals surface area contributed by atoms with Crippen LogP contribution in [0.15, 0.2) is 18.2 Å². The van der Waals surface area contributed by atoms with Gasteiger partial charge in [0, 0.05) is 11.5 Å². The molecular formula is C17H19NO3S. The molecule has 5 heteroatoms. The Kier molecular flexibility index (Phi) is 3.82. The number of rotatable bonds is 2. The molecule has 2 heterocycles. The molecule has 0 aliphatic carbocycles. The Labute approximate surface area is 131 Å². The summed E-state index contributed by atoms with van der Waals surface area (Å²) in [5.74, 6) is -0.229. The van der Waals surface area contributed by atoms with Crippen molar-refractivity contribution in [1.29, 1.82) is 5.26 Å². The van der Waals surface area contributed by atoms with Gasteiger partial charge in [-0.25, -0.2) is 8.42 Å². The normalized spacial score (nSPS) is 29.5. The van der Waals surface area contributed by atoms with Crippen LogP contribution in [0.5, 0.6) is 0 Å². The average molecular weight is 317 g/mol. The summed E-state index contributed by atoms with van der Waals surface area (Å²) in [4.78, 5) is 12.8. The SMILES string of the molecule is Cc1c(C#N)cccc1C(=O)C1CC2CCCC(C1)S2(=O)=O. The number of nitriles is 1. The third-order valence-corrected chi connectivity index (χ3v) is 7.88. The maximum atomic E-state index is 12.8. The van der Waals surface area contributed by atoms with Crippen molar-refractivity contribution in [1.82, 2.24) is 0 Å². The van der Waals surface area contributed by atoms with Crippen molar-refractivity contribution in [2.75, 3.05) is 0 Å². The van der Waals surface area contributed by atoms with Crippen LogP contribution >= 0.6 is 0 Å². The van der Waals surface area contributed by atoms with Gasteiger partial charge in [0.15, 0.2) is 15.6 Å². The van der Waals surface area contributed by atoms with Crippen LogP contribution in [0.25, 0.3) is 0 Å². The van der Waals surface area contributed by atoms with Crippen molar-refractivity contribution in [2.45, 2.75) is 49.5 Å². The molecule has 1 aromatic rings. The fraction of sp³-hybridized carbons (Fsp3) is 0.529. The number of hydrogen-bond donors (Lipinski definition) is 0. The van der Waals surface area contributed by atoms with Crippen LogP contribution in [0.2, 0.25) is 0 Å². The first-order chi connectivity index (χ1) is 10.4. The predicted octanol–water partition coefficient (Wildman–Crippen LogP) is 2.80. The third kappa shape index (κ3) is 2.36. The van der Waals surface area contributed by atoms with E-state index < -0.39 is 9.84 Å². The number of carbonyl (C=O) groups excluding carboxylic acids is 1. The summed E-state index contributed by atoms with van der Waals surface area (Å²) in [7, 11) is -3.04. The summed E-state index contributed by atoms with van der Waals surface area (Å²) < 4.78 is 24.6. The smallest absolute Gasteiger partial charge is 0.166 e. The second-order valence-electron chi connectivity index (χ2n) is 6.39. The van der Waals surface area contributed by atoms with Gasteiger partial charge in [-0.05, 0) is 44.2 Å². The van der Waals surface area contributed by atoms with E-state index in [9.17, 15) is 13.2 Å². The standard InChI is InChI=1S/C17H19NO3S/c1-11-12(10-18)4-2-7-16(11)17(19)13-8-14-5-3-6-15(9-13)22(14,20)21/h2,4,7,13-15H,3,5-6,8-9H2,1H3. The van der Waals surface area contributed by atoms with Gasteiger partial charge in [0.05, 0.1) is 22.1 Å². The molecule has 0 saturated carbocycles. The molecule has 2 atom stereocenters. The molecule has 2 fully saturated rings. The summed E-state index contributed by atoms with van der Waals surface area (Å²) in [6.45, 7) is 1.78. The Morgan fingerprint density at radius 3 is 2.45 bits per heavy atom. The van der Waals surface area contributed by atoms with E-state index in [2.05, 4.69) is 6.07 Å². The number of Topliss-reactive ketones (excluding diaryl/α,β-unsaturated/α-hetero) is 1. The van der Waals surface area contributed by atoms with E-state index in [-0.39, 0.29) is 22.2 Å². The first-order valence-electron chi connectivity index (χ1n) is 7.71. The minimum Gasteiger partial charge on any atom is -0.294 e. The molecule has 2 unspecified atom stereocenters. The van der Waals surface area contributed by atoms with Gasteiger partial charge in [-0.1, -0.05) is 18.6 Å². The molecular weight excluding hydrogens is 298 g/mol. The summed E-state index contributed by atoms with van der Waals surface area (Å²) in [6, 6.07) is 7.27. The van der Waals surface area contributed by atoms with Crippen LogP contribution < -0.4 is 0 Å².